The number of aliphatic hydroxyl groups is 1. The third-order valence-electron chi connectivity index (χ3n) is 2.48. The molecule has 1 amide bonds. The van der Waals surface area contributed by atoms with Crippen LogP contribution in [0.1, 0.15) is 40.0 Å². The van der Waals surface area contributed by atoms with E-state index in [1.54, 1.807) is 6.92 Å². The fourth-order valence-corrected chi connectivity index (χ4v) is 2.39. The molecule has 0 heterocycles. The number of sulfonamides is 1. The van der Waals surface area contributed by atoms with Gasteiger partial charge in [0.1, 0.15) is 6.04 Å². The predicted octanol–water partition coefficient (Wildman–Crippen LogP) is 0.228. The van der Waals surface area contributed by atoms with Gasteiger partial charge >= 0.3 is 0 Å². The summed E-state index contributed by atoms with van der Waals surface area (Å²) in [5.41, 5.74) is 0. The monoisotopic (exact) mass is 294 g/mol. The first-order valence-corrected chi connectivity index (χ1v) is 8.44. The minimum atomic E-state index is -3.41. The molecule has 0 aromatic rings. The van der Waals surface area contributed by atoms with Gasteiger partial charge in [-0.3, -0.25) is 4.79 Å². The van der Waals surface area contributed by atoms with Gasteiger partial charge in [-0.1, -0.05) is 13.8 Å². The molecular weight excluding hydrogens is 268 g/mol. The van der Waals surface area contributed by atoms with E-state index in [4.69, 9.17) is 5.11 Å². The first-order chi connectivity index (χ1) is 8.61. The summed E-state index contributed by atoms with van der Waals surface area (Å²) in [6.45, 7) is 5.98. The molecule has 0 bridgehead atoms. The molecule has 0 aliphatic rings. The molecule has 0 spiro atoms. The second kappa shape index (κ2) is 8.50. The van der Waals surface area contributed by atoms with Crippen LogP contribution in [0.2, 0.25) is 0 Å². The summed E-state index contributed by atoms with van der Waals surface area (Å²) in [5, 5.41) is 11.8. The van der Waals surface area contributed by atoms with Crippen molar-refractivity contribution in [2.75, 3.05) is 12.8 Å². The minimum Gasteiger partial charge on any atom is -0.393 e. The SMILES string of the molecule is CC(C)CC(NS(C)(=O)=O)C(=O)NCCCC(C)O. The average Bonchev–Trinajstić information content (AvgIpc) is 2.20. The summed E-state index contributed by atoms with van der Waals surface area (Å²) < 4.78 is 24.8. The Kier molecular flexibility index (Phi) is 8.20. The summed E-state index contributed by atoms with van der Waals surface area (Å²) in [6, 6.07) is -0.735. The third kappa shape index (κ3) is 10.9. The average molecular weight is 294 g/mol. The quantitative estimate of drug-likeness (QED) is 0.530. The Labute approximate surface area is 116 Å². The molecule has 0 saturated carbocycles. The molecule has 3 N–H and O–H groups in total. The molecule has 6 nitrogen and oxygen atoms in total. The van der Waals surface area contributed by atoms with Gasteiger partial charge in [0, 0.05) is 6.54 Å². The fraction of sp³-hybridized carbons (Fsp3) is 0.917. The first-order valence-electron chi connectivity index (χ1n) is 6.55. The van der Waals surface area contributed by atoms with E-state index in [-0.39, 0.29) is 11.8 Å². The Morgan fingerprint density at radius 3 is 2.26 bits per heavy atom. The van der Waals surface area contributed by atoms with Crippen molar-refractivity contribution in [2.45, 2.75) is 52.2 Å². The number of carbonyl (C=O) groups excluding carboxylic acids is 1. The molecule has 0 aliphatic carbocycles. The topological polar surface area (TPSA) is 95.5 Å². The Bertz CT molecular complexity index is 366. The fourth-order valence-electron chi connectivity index (χ4n) is 1.67. The lowest BCUT2D eigenvalue weighted by Crippen LogP contribution is -2.47. The smallest absolute Gasteiger partial charge is 0.238 e. The summed E-state index contributed by atoms with van der Waals surface area (Å²) in [6.07, 6.45) is 2.37. The van der Waals surface area contributed by atoms with E-state index in [1.807, 2.05) is 13.8 Å². The Hall–Kier alpha value is -0.660. The summed E-state index contributed by atoms with van der Waals surface area (Å²) in [4.78, 5) is 11.9. The van der Waals surface area contributed by atoms with Crippen molar-refractivity contribution < 1.29 is 18.3 Å². The lowest BCUT2D eigenvalue weighted by Gasteiger charge is -2.19. The van der Waals surface area contributed by atoms with Gasteiger partial charge in [0.25, 0.3) is 0 Å². The highest BCUT2D eigenvalue weighted by atomic mass is 32.2. The van der Waals surface area contributed by atoms with Crippen LogP contribution in [0, 0.1) is 5.92 Å². The maximum Gasteiger partial charge on any atom is 0.238 e. The van der Waals surface area contributed by atoms with Gasteiger partial charge < -0.3 is 10.4 Å². The van der Waals surface area contributed by atoms with Gasteiger partial charge in [-0.2, -0.15) is 0 Å². The zero-order valence-corrected chi connectivity index (χ0v) is 13.0. The van der Waals surface area contributed by atoms with Gasteiger partial charge in [0.05, 0.1) is 12.4 Å². The van der Waals surface area contributed by atoms with Gasteiger partial charge in [-0.15, -0.1) is 0 Å². The summed E-state index contributed by atoms with van der Waals surface area (Å²) >= 11 is 0. The summed E-state index contributed by atoms with van der Waals surface area (Å²) in [7, 11) is -3.41. The van der Waals surface area contributed by atoms with Gasteiger partial charge in [0.15, 0.2) is 0 Å². The van der Waals surface area contributed by atoms with Crippen LogP contribution in [-0.4, -0.2) is 44.4 Å². The number of hydrogen-bond donors (Lipinski definition) is 3. The normalized spacial score (nSPS) is 15.3. The number of aliphatic hydroxyl groups excluding tert-OH is 1. The van der Waals surface area contributed by atoms with Crippen molar-refractivity contribution in [1.82, 2.24) is 10.0 Å². The molecular formula is C12H26N2O4S. The second-order valence-electron chi connectivity index (χ2n) is 5.35. The highest BCUT2D eigenvalue weighted by molar-refractivity contribution is 7.88. The van der Waals surface area contributed by atoms with Crippen LogP contribution in [0.15, 0.2) is 0 Å². The number of hydrogen-bond acceptors (Lipinski definition) is 4. The van der Waals surface area contributed by atoms with Crippen molar-refractivity contribution in [2.24, 2.45) is 5.92 Å². The largest absolute Gasteiger partial charge is 0.393 e. The molecule has 2 unspecified atom stereocenters. The van der Waals surface area contributed by atoms with E-state index in [1.165, 1.54) is 0 Å². The van der Waals surface area contributed by atoms with Crippen LogP contribution >= 0.6 is 0 Å². The number of rotatable bonds is 9. The molecule has 114 valence electrons. The number of nitrogens with one attached hydrogen (secondary N) is 2. The predicted molar refractivity (Wildman–Crippen MR) is 75.1 cm³/mol. The van der Waals surface area contributed by atoms with Crippen molar-refractivity contribution in [3.63, 3.8) is 0 Å². The van der Waals surface area contributed by atoms with E-state index in [0.717, 1.165) is 6.26 Å². The highest BCUT2D eigenvalue weighted by Gasteiger charge is 2.22. The van der Waals surface area contributed by atoms with Gasteiger partial charge in [-0.05, 0) is 32.1 Å². The Morgan fingerprint density at radius 1 is 1.26 bits per heavy atom. The Balaban J connectivity index is 4.30. The first kappa shape index (κ1) is 18.3. The van der Waals surface area contributed by atoms with Gasteiger partial charge in [-0.25, -0.2) is 13.1 Å². The van der Waals surface area contributed by atoms with E-state index in [9.17, 15) is 13.2 Å². The second-order valence-corrected chi connectivity index (χ2v) is 7.13. The van der Waals surface area contributed by atoms with Crippen molar-refractivity contribution >= 4 is 15.9 Å². The molecule has 0 aromatic heterocycles. The van der Waals surface area contributed by atoms with Crippen LogP contribution in [0.3, 0.4) is 0 Å². The minimum absolute atomic E-state index is 0.211. The Morgan fingerprint density at radius 2 is 1.84 bits per heavy atom. The van der Waals surface area contributed by atoms with Gasteiger partial charge in [0.2, 0.25) is 15.9 Å². The molecule has 0 aromatic carbocycles. The number of carbonyl (C=O) groups is 1. The molecule has 2 atom stereocenters. The van der Waals surface area contributed by atoms with E-state index in [2.05, 4.69) is 10.0 Å². The molecule has 0 radical (unpaired) electrons. The van der Waals surface area contributed by atoms with Crippen LogP contribution in [-0.2, 0) is 14.8 Å². The maximum atomic E-state index is 11.9. The number of amides is 1. The summed E-state index contributed by atoms with van der Waals surface area (Å²) in [5.74, 6) is -0.104. The van der Waals surface area contributed by atoms with Crippen LogP contribution in [0.25, 0.3) is 0 Å². The standard InChI is InChI=1S/C12H26N2O4S/c1-9(2)8-11(14-19(4,17)18)12(16)13-7-5-6-10(3)15/h9-11,14-15H,5-8H2,1-4H3,(H,13,16). The van der Waals surface area contributed by atoms with Crippen molar-refractivity contribution in [3.8, 4) is 0 Å². The zero-order valence-electron chi connectivity index (χ0n) is 12.1. The maximum absolute atomic E-state index is 11.9. The molecule has 0 aliphatic heterocycles. The van der Waals surface area contributed by atoms with Crippen LogP contribution in [0.5, 0.6) is 0 Å². The third-order valence-corrected chi connectivity index (χ3v) is 3.19. The van der Waals surface area contributed by atoms with E-state index < -0.39 is 22.2 Å². The molecule has 0 saturated heterocycles. The lowest BCUT2D eigenvalue weighted by molar-refractivity contribution is -0.123. The highest BCUT2D eigenvalue weighted by Crippen LogP contribution is 2.06. The van der Waals surface area contributed by atoms with Crippen molar-refractivity contribution in [1.29, 1.82) is 0 Å². The zero-order chi connectivity index (χ0) is 15.1. The van der Waals surface area contributed by atoms with E-state index >= 15 is 0 Å². The molecule has 0 rings (SSSR count). The van der Waals surface area contributed by atoms with Crippen LogP contribution < -0.4 is 10.0 Å². The molecule has 0 fully saturated rings. The van der Waals surface area contributed by atoms with E-state index in [0.29, 0.717) is 25.8 Å². The van der Waals surface area contributed by atoms with Crippen LogP contribution in [0.4, 0.5) is 0 Å². The molecule has 19 heavy (non-hydrogen) atoms. The molecule has 7 heteroatoms. The lowest BCUT2D eigenvalue weighted by atomic mass is 10.0. The van der Waals surface area contributed by atoms with Crippen molar-refractivity contribution in [3.05, 3.63) is 0 Å².